The number of hydrogen-bond acceptors (Lipinski definition) is 8. The monoisotopic (exact) mass is 453 g/mol. The van der Waals surface area contributed by atoms with Gasteiger partial charge in [0.15, 0.2) is 0 Å². The number of methoxy groups -OCH3 is 1. The predicted octanol–water partition coefficient (Wildman–Crippen LogP) is 3.20. The van der Waals surface area contributed by atoms with E-state index in [9.17, 15) is 4.79 Å². The molecule has 1 amide bonds. The number of carbonyl (C=O) groups excluding carboxylic acids is 1. The maximum Gasteiger partial charge on any atom is 0.312 e. The smallest absolute Gasteiger partial charge is 0.312 e. The highest BCUT2D eigenvalue weighted by Gasteiger charge is 2.37. The van der Waals surface area contributed by atoms with Crippen molar-refractivity contribution < 1.29 is 13.9 Å². The van der Waals surface area contributed by atoms with Gasteiger partial charge in [-0.1, -0.05) is 24.3 Å². The maximum absolute atomic E-state index is 13.5. The van der Waals surface area contributed by atoms with E-state index in [1.807, 2.05) is 36.5 Å². The Labute approximate surface area is 193 Å². The number of hydrogen-bond donors (Lipinski definition) is 1. The van der Waals surface area contributed by atoms with Gasteiger partial charge in [0.2, 0.25) is 0 Å². The molecule has 6 rings (SSSR count). The van der Waals surface area contributed by atoms with Crippen molar-refractivity contribution in [2.24, 2.45) is 0 Å². The summed E-state index contributed by atoms with van der Waals surface area (Å²) in [6.45, 7) is 0.450. The highest BCUT2D eigenvalue weighted by molar-refractivity contribution is 5.91. The van der Waals surface area contributed by atoms with E-state index < -0.39 is 6.04 Å². The number of fused-ring (bicyclic) bond motifs is 2. The van der Waals surface area contributed by atoms with Crippen LogP contribution in [0.15, 0.2) is 65.6 Å². The van der Waals surface area contributed by atoms with Crippen molar-refractivity contribution in [2.45, 2.75) is 12.5 Å². The van der Waals surface area contributed by atoms with Crippen LogP contribution < -0.4 is 4.74 Å². The van der Waals surface area contributed by atoms with Crippen molar-refractivity contribution in [1.82, 2.24) is 35.0 Å². The van der Waals surface area contributed by atoms with Gasteiger partial charge in [0.25, 0.3) is 5.89 Å². The van der Waals surface area contributed by atoms with Crippen LogP contribution >= 0.6 is 0 Å². The molecule has 0 spiro atoms. The number of nitrogens with zero attached hydrogens (tertiary/aromatic N) is 6. The summed E-state index contributed by atoms with van der Waals surface area (Å²) in [5, 5.41) is 10.1. The molecule has 34 heavy (non-hydrogen) atoms. The van der Waals surface area contributed by atoms with E-state index in [0.29, 0.717) is 24.4 Å². The van der Waals surface area contributed by atoms with E-state index in [2.05, 4.69) is 30.1 Å². The van der Waals surface area contributed by atoms with Crippen LogP contribution in [-0.2, 0) is 6.42 Å². The first-order chi connectivity index (χ1) is 16.7. The van der Waals surface area contributed by atoms with Crippen molar-refractivity contribution in [1.29, 1.82) is 0 Å². The standard InChI is InChI=1S/C24H19N7O3/c1-33-16-6-7-18(26-12-16)22-29-30-23(34-22)24(32)31-9-8-17-20(28-13-27-17)21(31)19-10-14-4-2-3-5-15(14)11-25-19/h2-7,10-13,21H,8-9H2,1H3,(H,27,28)/t21-/m1/s1. The number of imidazole rings is 1. The maximum atomic E-state index is 13.5. The molecule has 168 valence electrons. The number of aromatic amines is 1. The third kappa shape index (κ3) is 3.36. The summed E-state index contributed by atoms with van der Waals surface area (Å²) >= 11 is 0. The van der Waals surface area contributed by atoms with Gasteiger partial charge >= 0.3 is 11.8 Å². The fourth-order valence-corrected chi connectivity index (χ4v) is 4.21. The number of benzene rings is 1. The lowest BCUT2D eigenvalue weighted by Gasteiger charge is -2.33. The van der Waals surface area contributed by atoms with Crippen LogP contribution in [0.4, 0.5) is 0 Å². The molecule has 0 aliphatic carbocycles. The molecule has 0 saturated carbocycles. The molecule has 0 bridgehead atoms. The second-order valence-electron chi connectivity index (χ2n) is 7.87. The van der Waals surface area contributed by atoms with Crippen LogP contribution in [-0.4, -0.2) is 54.6 Å². The molecule has 0 radical (unpaired) electrons. The van der Waals surface area contributed by atoms with E-state index >= 15 is 0 Å². The van der Waals surface area contributed by atoms with Crippen LogP contribution in [0, 0.1) is 0 Å². The minimum Gasteiger partial charge on any atom is -0.495 e. The zero-order valence-corrected chi connectivity index (χ0v) is 18.2. The van der Waals surface area contributed by atoms with Crippen molar-refractivity contribution >= 4 is 16.7 Å². The number of amides is 1. The molecule has 1 aliphatic rings. The van der Waals surface area contributed by atoms with E-state index in [0.717, 1.165) is 27.9 Å². The number of carbonyl (C=O) groups is 1. The molecule has 5 aromatic rings. The fourth-order valence-electron chi connectivity index (χ4n) is 4.21. The first-order valence-electron chi connectivity index (χ1n) is 10.7. The third-order valence-electron chi connectivity index (χ3n) is 5.92. The van der Waals surface area contributed by atoms with Crippen molar-refractivity contribution in [3.05, 3.63) is 84.2 Å². The van der Waals surface area contributed by atoms with E-state index in [-0.39, 0.29) is 17.7 Å². The van der Waals surface area contributed by atoms with Gasteiger partial charge in [-0.25, -0.2) is 9.97 Å². The van der Waals surface area contributed by atoms with Crippen LogP contribution in [0.25, 0.3) is 22.4 Å². The molecule has 5 heterocycles. The second kappa shape index (κ2) is 8.07. The van der Waals surface area contributed by atoms with Crippen LogP contribution in [0.2, 0.25) is 0 Å². The highest BCUT2D eigenvalue weighted by atomic mass is 16.5. The van der Waals surface area contributed by atoms with E-state index in [1.54, 1.807) is 36.7 Å². The molecule has 4 aromatic heterocycles. The molecule has 10 nitrogen and oxygen atoms in total. The minimum atomic E-state index is -0.485. The van der Waals surface area contributed by atoms with Gasteiger partial charge in [-0.15, -0.1) is 10.2 Å². The molecule has 0 fully saturated rings. The van der Waals surface area contributed by atoms with Crippen molar-refractivity contribution in [3.8, 4) is 17.3 Å². The molecular weight excluding hydrogens is 434 g/mol. The Bertz CT molecular complexity index is 1490. The number of ether oxygens (including phenoxy) is 1. The molecule has 0 unspecified atom stereocenters. The Morgan fingerprint density at radius 3 is 2.79 bits per heavy atom. The second-order valence-corrected chi connectivity index (χ2v) is 7.87. The summed E-state index contributed by atoms with van der Waals surface area (Å²) in [5.74, 6) is 0.260. The zero-order chi connectivity index (χ0) is 23.1. The Balaban J connectivity index is 1.37. The summed E-state index contributed by atoms with van der Waals surface area (Å²) < 4.78 is 10.8. The first kappa shape index (κ1) is 20.0. The molecule has 1 aliphatic heterocycles. The summed E-state index contributed by atoms with van der Waals surface area (Å²) in [6, 6.07) is 12.9. The Kier molecular flexibility index (Phi) is 4.76. The highest BCUT2D eigenvalue weighted by Crippen LogP contribution is 2.34. The Morgan fingerprint density at radius 1 is 1.09 bits per heavy atom. The van der Waals surface area contributed by atoms with Gasteiger partial charge in [0.05, 0.1) is 31.0 Å². The lowest BCUT2D eigenvalue weighted by atomic mass is 9.98. The van der Waals surface area contributed by atoms with Gasteiger partial charge in [0, 0.05) is 30.2 Å². The van der Waals surface area contributed by atoms with Gasteiger partial charge in [-0.05, 0) is 23.6 Å². The molecule has 1 N–H and O–H groups in total. The number of nitrogens with one attached hydrogen (secondary N) is 1. The summed E-state index contributed by atoms with van der Waals surface area (Å²) in [4.78, 5) is 31.8. The normalized spacial score (nSPS) is 15.3. The summed E-state index contributed by atoms with van der Waals surface area (Å²) in [5.41, 5.74) is 2.92. The van der Waals surface area contributed by atoms with Crippen LogP contribution in [0.5, 0.6) is 5.75 Å². The minimum absolute atomic E-state index is 0.114. The average molecular weight is 453 g/mol. The van der Waals surface area contributed by atoms with E-state index in [4.69, 9.17) is 9.15 Å². The first-order valence-corrected chi connectivity index (χ1v) is 10.7. The van der Waals surface area contributed by atoms with Gasteiger partial charge < -0.3 is 19.0 Å². The number of pyridine rings is 2. The van der Waals surface area contributed by atoms with Crippen LogP contribution in [0.1, 0.15) is 33.8 Å². The predicted molar refractivity (Wildman–Crippen MR) is 121 cm³/mol. The topological polar surface area (TPSA) is 123 Å². The summed E-state index contributed by atoms with van der Waals surface area (Å²) in [7, 11) is 1.56. The van der Waals surface area contributed by atoms with Crippen molar-refractivity contribution in [2.75, 3.05) is 13.7 Å². The number of H-pyrrole nitrogens is 1. The zero-order valence-electron chi connectivity index (χ0n) is 18.2. The van der Waals surface area contributed by atoms with Gasteiger partial charge in [-0.2, -0.15) is 0 Å². The van der Waals surface area contributed by atoms with Crippen LogP contribution in [0.3, 0.4) is 0 Å². The fraction of sp³-hybridized carbons (Fsp3) is 0.167. The molecule has 1 aromatic carbocycles. The lowest BCUT2D eigenvalue weighted by Crippen LogP contribution is -2.41. The van der Waals surface area contributed by atoms with E-state index in [1.165, 1.54) is 0 Å². The largest absolute Gasteiger partial charge is 0.495 e. The molecule has 0 saturated heterocycles. The van der Waals surface area contributed by atoms with Gasteiger partial charge in [0.1, 0.15) is 17.5 Å². The van der Waals surface area contributed by atoms with Crippen molar-refractivity contribution in [3.63, 3.8) is 0 Å². The third-order valence-corrected chi connectivity index (χ3v) is 5.92. The van der Waals surface area contributed by atoms with Gasteiger partial charge in [-0.3, -0.25) is 9.78 Å². The molecular formula is C24H19N7O3. The number of rotatable bonds is 4. The Hall–Kier alpha value is -4.60. The lowest BCUT2D eigenvalue weighted by molar-refractivity contribution is 0.0647. The summed E-state index contributed by atoms with van der Waals surface area (Å²) in [6.07, 6.45) is 5.64. The average Bonchev–Trinajstić information content (AvgIpc) is 3.57. The molecule has 10 heteroatoms. The number of aromatic nitrogens is 6. The SMILES string of the molecule is COc1ccc(-c2nnc(C(=O)N3CCc4[nH]cnc4[C@H]3c3cc4ccccc4cn3)o2)nc1. The quantitative estimate of drug-likeness (QED) is 0.440. The Morgan fingerprint density at radius 2 is 1.97 bits per heavy atom. The molecule has 1 atom stereocenters.